The number of hydrogen-bond donors (Lipinski definition) is 1. The van der Waals surface area contributed by atoms with Gasteiger partial charge in [-0.15, -0.1) is 15.3 Å². The van der Waals surface area contributed by atoms with Gasteiger partial charge in [0.1, 0.15) is 11.6 Å². The van der Waals surface area contributed by atoms with E-state index in [-0.39, 0.29) is 0 Å². The van der Waals surface area contributed by atoms with Crippen molar-refractivity contribution in [1.29, 1.82) is 0 Å². The Balaban J connectivity index is 1.87. The first-order valence-electron chi connectivity index (χ1n) is 7.51. The maximum Gasteiger partial charge on any atom is 0.341 e. The molecule has 0 saturated heterocycles. The summed E-state index contributed by atoms with van der Waals surface area (Å²) < 4.78 is 5.85. The smallest absolute Gasteiger partial charge is 0.341 e. The van der Waals surface area contributed by atoms with Gasteiger partial charge in [0.25, 0.3) is 0 Å². The fourth-order valence-electron chi connectivity index (χ4n) is 2.40. The highest BCUT2D eigenvalue weighted by atomic mass is 16.5. The van der Waals surface area contributed by atoms with Crippen LogP contribution in [-0.2, 0) is 13.5 Å². The number of tetrazole rings is 1. The van der Waals surface area contributed by atoms with E-state index in [0.717, 1.165) is 41.1 Å². The second kappa shape index (κ2) is 6.15. The number of benzene rings is 1. The molecule has 23 heavy (non-hydrogen) atoms. The molecule has 8 nitrogen and oxygen atoms in total. The molecule has 0 aliphatic rings. The van der Waals surface area contributed by atoms with Gasteiger partial charge in [-0.3, -0.25) is 5.10 Å². The highest BCUT2D eigenvalue weighted by Crippen LogP contribution is 2.31. The van der Waals surface area contributed by atoms with E-state index < -0.39 is 0 Å². The number of aromatic nitrogens is 7. The Bertz CT molecular complexity index is 798. The highest BCUT2D eigenvalue weighted by molar-refractivity contribution is 5.60. The average molecular weight is 313 g/mol. The summed E-state index contributed by atoms with van der Waals surface area (Å²) in [6, 6.07) is 4.28. The van der Waals surface area contributed by atoms with Crippen molar-refractivity contribution in [3.63, 3.8) is 0 Å². The first kappa shape index (κ1) is 15.1. The van der Waals surface area contributed by atoms with Crippen LogP contribution in [0.4, 0.5) is 0 Å². The summed E-state index contributed by atoms with van der Waals surface area (Å²) in [7, 11) is 1.74. The molecule has 0 saturated carbocycles. The molecular formula is C15H19N7O. The van der Waals surface area contributed by atoms with Gasteiger partial charge < -0.3 is 4.74 Å². The van der Waals surface area contributed by atoms with Crippen LogP contribution in [0.15, 0.2) is 12.1 Å². The van der Waals surface area contributed by atoms with Gasteiger partial charge in [-0.25, -0.2) is 0 Å². The van der Waals surface area contributed by atoms with E-state index in [1.807, 2.05) is 26.0 Å². The third-order valence-electron chi connectivity index (χ3n) is 3.42. The number of nitrogens with zero attached hydrogens (tertiary/aromatic N) is 6. The Kier molecular flexibility index (Phi) is 4.05. The SMILES string of the molecule is CCCc1nc(Oc2c(C)cc(-c3nnn(C)n3)cc2C)n[nH]1. The summed E-state index contributed by atoms with van der Waals surface area (Å²) in [5.74, 6) is 2.17. The number of nitrogens with one attached hydrogen (secondary N) is 1. The van der Waals surface area contributed by atoms with E-state index in [1.165, 1.54) is 4.80 Å². The molecule has 2 aromatic heterocycles. The summed E-state index contributed by atoms with van der Waals surface area (Å²) in [5, 5.41) is 19.1. The Morgan fingerprint density at radius 1 is 1.22 bits per heavy atom. The molecule has 0 aliphatic carbocycles. The van der Waals surface area contributed by atoms with Gasteiger partial charge in [-0.05, 0) is 48.7 Å². The second-order valence-corrected chi connectivity index (χ2v) is 5.46. The average Bonchev–Trinajstić information content (AvgIpc) is 3.12. The Morgan fingerprint density at radius 2 is 1.96 bits per heavy atom. The number of rotatable bonds is 5. The zero-order valence-corrected chi connectivity index (χ0v) is 13.7. The van der Waals surface area contributed by atoms with Gasteiger partial charge >= 0.3 is 6.01 Å². The topological polar surface area (TPSA) is 94.4 Å². The predicted molar refractivity (Wildman–Crippen MR) is 84.2 cm³/mol. The van der Waals surface area contributed by atoms with Crippen molar-refractivity contribution in [3.05, 3.63) is 29.1 Å². The lowest BCUT2D eigenvalue weighted by molar-refractivity contribution is 0.437. The monoisotopic (exact) mass is 313 g/mol. The van der Waals surface area contributed by atoms with Crippen LogP contribution in [0.2, 0.25) is 0 Å². The molecule has 8 heteroatoms. The van der Waals surface area contributed by atoms with Crippen LogP contribution in [0.3, 0.4) is 0 Å². The van der Waals surface area contributed by atoms with Gasteiger partial charge in [-0.2, -0.15) is 9.78 Å². The number of H-pyrrole nitrogens is 1. The molecule has 3 rings (SSSR count). The van der Waals surface area contributed by atoms with Crippen LogP contribution in [0.25, 0.3) is 11.4 Å². The van der Waals surface area contributed by atoms with Crippen molar-refractivity contribution in [2.75, 3.05) is 0 Å². The molecule has 1 N–H and O–H groups in total. The molecule has 0 unspecified atom stereocenters. The molecule has 1 aromatic carbocycles. The van der Waals surface area contributed by atoms with E-state index in [2.05, 4.69) is 37.5 Å². The largest absolute Gasteiger partial charge is 0.423 e. The maximum absolute atomic E-state index is 5.85. The predicted octanol–water partition coefficient (Wildman–Crippen LogP) is 2.36. The molecular weight excluding hydrogens is 294 g/mol. The first-order chi connectivity index (χ1) is 11.1. The summed E-state index contributed by atoms with van der Waals surface area (Å²) in [4.78, 5) is 5.77. The number of aromatic amines is 1. The summed E-state index contributed by atoms with van der Waals surface area (Å²) in [5.41, 5.74) is 2.84. The zero-order chi connectivity index (χ0) is 16.4. The molecule has 0 amide bonds. The number of aryl methyl sites for hydroxylation is 4. The third-order valence-corrected chi connectivity index (χ3v) is 3.42. The lowest BCUT2D eigenvalue weighted by Gasteiger charge is -2.10. The fraction of sp³-hybridized carbons (Fsp3) is 0.400. The van der Waals surface area contributed by atoms with Crippen LogP contribution >= 0.6 is 0 Å². The van der Waals surface area contributed by atoms with Gasteiger partial charge in [0.05, 0.1) is 7.05 Å². The highest BCUT2D eigenvalue weighted by Gasteiger charge is 2.13. The third kappa shape index (κ3) is 3.20. The van der Waals surface area contributed by atoms with Crippen molar-refractivity contribution in [2.45, 2.75) is 33.6 Å². The van der Waals surface area contributed by atoms with Crippen LogP contribution in [0, 0.1) is 13.8 Å². The van der Waals surface area contributed by atoms with Gasteiger partial charge in [0.2, 0.25) is 5.82 Å². The minimum atomic E-state index is 0.338. The normalized spacial score (nSPS) is 11.0. The summed E-state index contributed by atoms with van der Waals surface area (Å²) in [6.45, 7) is 6.04. The Morgan fingerprint density at radius 3 is 2.57 bits per heavy atom. The zero-order valence-electron chi connectivity index (χ0n) is 13.7. The molecule has 0 spiro atoms. The molecule has 3 aromatic rings. The van der Waals surface area contributed by atoms with E-state index >= 15 is 0 Å². The van der Waals surface area contributed by atoms with Crippen molar-refractivity contribution < 1.29 is 4.74 Å². The quantitative estimate of drug-likeness (QED) is 0.777. The lowest BCUT2D eigenvalue weighted by atomic mass is 10.1. The number of hydrogen-bond acceptors (Lipinski definition) is 6. The molecule has 0 radical (unpaired) electrons. The van der Waals surface area contributed by atoms with E-state index in [9.17, 15) is 0 Å². The van der Waals surface area contributed by atoms with Gasteiger partial charge in [-0.1, -0.05) is 6.92 Å². The molecule has 0 bridgehead atoms. The van der Waals surface area contributed by atoms with Gasteiger partial charge in [0, 0.05) is 12.0 Å². The first-order valence-corrected chi connectivity index (χ1v) is 7.51. The van der Waals surface area contributed by atoms with Crippen LogP contribution in [0.1, 0.15) is 30.3 Å². The van der Waals surface area contributed by atoms with Crippen molar-refractivity contribution >= 4 is 0 Å². The maximum atomic E-state index is 5.85. The summed E-state index contributed by atoms with van der Waals surface area (Å²) >= 11 is 0. The Hall–Kier alpha value is -2.77. The van der Waals surface area contributed by atoms with Gasteiger partial charge in [0.15, 0.2) is 0 Å². The molecule has 0 aliphatic heterocycles. The standard InChI is InChI=1S/C15H19N7O/c1-5-6-12-16-15(19-17-12)23-13-9(2)7-11(8-10(13)3)14-18-21-22(4)20-14/h7-8H,5-6H2,1-4H3,(H,16,17,19). The van der Waals surface area contributed by atoms with Crippen LogP contribution in [-0.4, -0.2) is 35.4 Å². The molecule has 120 valence electrons. The van der Waals surface area contributed by atoms with Crippen molar-refractivity contribution in [1.82, 2.24) is 35.4 Å². The lowest BCUT2D eigenvalue weighted by Crippen LogP contribution is -1.95. The van der Waals surface area contributed by atoms with Crippen molar-refractivity contribution in [2.24, 2.45) is 7.05 Å². The summed E-state index contributed by atoms with van der Waals surface area (Å²) in [6.07, 6.45) is 1.86. The van der Waals surface area contributed by atoms with E-state index in [0.29, 0.717) is 11.8 Å². The second-order valence-electron chi connectivity index (χ2n) is 5.46. The van der Waals surface area contributed by atoms with Crippen LogP contribution in [0.5, 0.6) is 11.8 Å². The molecule has 0 fully saturated rings. The molecule has 0 atom stereocenters. The number of ether oxygens (including phenoxy) is 1. The van der Waals surface area contributed by atoms with Crippen molar-refractivity contribution in [3.8, 4) is 23.1 Å². The van der Waals surface area contributed by atoms with E-state index in [4.69, 9.17) is 4.74 Å². The minimum Gasteiger partial charge on any atom is -0.423 e. The molecule has 2 heterocycles. The fourth-order valence-corrected chi connectivity index (χ4v) is 2.40. The van der Waals surface area contributed by atoms with Crippen LogP contribution < -0.4 is 4.74 Å². The minimum absolute atomic E-state index is 0.338. The van der Waals surface area contributed by atoms with E-state index in [1.54, 1.807) is 7.05 Å². The Labute approximate surface area is 133 Å².